The van der Waals surface area contributed by atoms with Crippen LogP contribution in [0.1, 0.15) is 30.9 Å². The number of hydrogen-bond acceptors (Lipinski definition) is 3. The summed E-state index contributed by atoms with van der Waals surface area (Å²) < 4.78 is 11.6. The molecule has 0 saturated carbocycles. The minimum Gasteiger partial charge on any atom is -0.489 e. The Bertz CT molecular complexity index is 730. The van der Waals surface area contributed by atoms with E-state index >= 15 is 0 Å². The van der Waals surface area contributed by atoms with Crippen LogP contribution in [0.15, 0.2) is 59.6 Å². The topological polar surface area (TPSA) is 46.1 Å². The minimum atomic E-state index is 0. The molecule has 1 saturated heterocycles. The Hall–Kier alpha value is -1.80. The summed E-state index contributed by atoms with van der Waals surface area (Å²) in [5.41, 5.74) is 2.38. The van der Waals surface area contributed by atoms with Gasteiger partial charge in [0.05, 0.1) is 6.10 Å². The summed E-state index contributed by atoms with van der Waals surface area (Å²) in [7, 11) is 1.84. The summed E-state index contributed by atoms with van der Waals surface area (Å²) in [6.07, 6.45) is 2.51. The highest BCUT2D eigenvalue weighted by Crippen LogP contribution is 2.16. The zero-order valence-corrected chi connectivity index (χ0v) is 19.7. The zero-order valence-electron chi connectivity index (χ0n) is 17.3. The lowest BCUT2D eigenvalue weighted by molar-refractivity contribution is 0.0263. The highest BCUT2D eigenvalue weighted by Gasteiger charge is 2.21. The number of ether oxygens (including phenoxy) is 2. The molecule has 1 aliphatic rings. The van der Waals surface area contributed by atoms with Gasteiger partial charge in [-0.05, 0) is 43.0 Å². The summed E-state index contributed by atoms with van der Waals surface area (Å²) in [5.74, 6) is 1.84. The third-order valence-corrected chi connectivity index (χ3v) is 4.98. The number of nitrogens with one attached hydrogen (secondary N) is 1. The molecule has 3 rings (SSSR count). The first-order chi connectivity index (χ1) is 13.8. The number of guanidine groups is 1. The molecule has 158 valence electrons. The van der Waals surface area contributed by atoms with Gasteiger partial charge in [0.25, 0.3) is 0 Å². The van der Waals surface area contributed by atoms with Crippen LogP contribution in [0.3, 0.4) is 0 Å². The van der Waals surface area contributed by atoms with E-state index in [1.807, 2.05) is 37.4 Å². The van der Waals surface area contributed by atoms with Gasteiger partial charge in [-0.15, -0.1) is 24.0 Å². The molecule has 0 unspecified atom stereocenters. The van der Waals surface area contributed by atoms with Gasteiger partial charge in [-0.3, -0.25) is 4.99 Å². The van der Waals surface area contributed by atoms with Gasteiger partial charge in [-0.1, -0.05) is 42.5 Å². The van der Waals surface area contributed by atoms with Gasteiger partial charge in [-0.2, -0.15) is 0 Å². The van der Waals surface area contributed by atoms with Gasteiger partial charge in [0, 0.05) is 33.3 Å². The van der Waals surface area contributed by atoms with E-state index in [-0.39, 0.29) is 24.0 Å². The second-order valence-electron chi connectivity index (χ2n) is 6.96. The lowest BCUT2D eigenvalue weighted by atomic mass is 10.1. The molecule has 0 aromatic heterocycles. The number of piperidine rings is 1. The fraction of sp³-hybridized carbons (Fsp3) is 0.435. The van der Waals surface area contributed by atoms with Crippen LogP contribution in [0.25, 0.3) is 0 Å². The number of nitrogens with zero attached hydrogens (tertiary/aromatic N) is 2. The maximum absolute atomic E-state index is 5.85. The van der Waals surface area contributed by atoms with Crippen LogP contribution in [0.5, 0.6) is 5.75 Å². The first-order valence-electron chi connectivity index (χ1n) is 10.1. The van der Waals surface area contributed by atoms with Crippen molar-refractivity contribution in [2.45, 2.75) is 39.0 Å². The fourth-order valence-electron chi connectivity index (χ4n) is 3.43. The molecule has 0 radical (unpaired) electrons. The molecule has 6 heteroatoms. The summed E-state index contributed by atoms with van der Waals surface area (Å²) in [4.78, 5) is 6.76. The van der Waals surface area contributed by atoms with E-state index in [0.29, 0.717) is 12.7 Å². The Kier molecular flexibility index (Phi) is 10.3. The van der Waals surface area contributed by atoms with Crippen LogP contribution < -0.4 is 10.1 Å². The van der Waals surface area contributed by atoms with E-state index in [2.05, 4.69) is 46.4 Å². The number of aliphatic imine (C=N–C) groups is 1. The molecule has 1 N–H and O–H groups in total. The minimum absolute atomic E-state index is 0. The Morgan fingerprint density at radius 3 is 2.34 bits per heavy atom. The smallest absolute Gasteiger partial charge is 0.193 e. The zero-order chi connectivity index (χ0) is 19.6. The van der Waals surface area contributed by atoms with Gasteiger partial charge in [-0.25, -0.2) is 0 Å². The molecule has 0 atom stereocenters. The highest BCUT2D eigenvalue weighted by atomic mass is 127. The molecule has 5 nitrogen and oxygen atoms in total. The van der Waals surface area contributed by atoms with Crippen LogP contribution in [0.2, 0.25) is 0 Å². The van der Waals surface area contributed by atoms with Crippen LogP contribution in [-0.2, 0) is 17.9 Å². The van der Waals surface area contributed by atoms with Crippen molar-refractivity contribution in [3.05, 3.63) is 65.7 Å². The highest BCUT2D eigenvalue weighted by molar-refractivity contribution is 14.0. The Morgan fingerprint density at radius 2 is 1.72 bits per heavy atom. The normalized spacial score (nSPS) is 15.0. The second-order valence-corrected chi connectivity index (χ2v) is 6.96. The second kappa shape index (κ2) is 12.7. The standard InChI is InChI=1S/C23H31N3O2.HI/c1-3-27-22-13-15-26(16-14-22)23(24-2)25-17-19-9-11-21(12-10-19)28-18-20-7-5-4-6-8-20;/h4-12,22H,3,13-18H2,1-2H3,(H,24,25);1H. The van der Waals surface area contributed by atoms with Gasteiger partial charge in [0.15, 0.2) is 5.96 Å². The Balaban J connectivity index is 0.00000300. The molecular formula is C23H32IN3O2. The Labute approximate surface area is 191 Å². The third kappa shape index (κ3) is 7.51. The van der Waals surface area contributed by atoms with Crippen LogP contribution in [0.4, 0.5) is 0 Å². The molecule has 1 aliphatic heterocycles. The van der Waals surface area contributed by atoms with Crippen molar-refractivity contribution in [3.63, 3.8) is 0 Å². The number of hydrogen-bond donors (Lipinski definition) is 1. The van der Waals surface area contributed by atoms with Crippen molar-refractivity contribution >= 4 is 29.9 Å². The molecule has 0 spiro atoms. The van der Waals surface area contributed by atoms with E-state index in [1.165, 1.54) is 11.1 Å². The van der Waals surface area contributed by atoms with Crippen molar-refractivity contribution in [1.29, 1.82) is 0 Å². The Morgan fingerprint density at radius 1 is 1.03 bits per heavy atom. The monoisotopic (exact) mass is 509 g/mol. The maximum atomic E-state index is 5.85. The van der Waals surface area contributed by atoms with Gasteiger partial charge >= 0.3 is 0 Å². The summed E-state index contributed by atoms with van der Waals surface area (Å²) in [6.45, 7) is 6.15. The average Bonchev–Trinajstić information content (AvgIpc) is 2.75. The van der Waals surface area contributed by atoms with Gasteiger partial charge in [0.1, 0.15) is 12.4 Å². The lowest BCUT2D eigenvalue weighted by Crippen LogP contribution is -2.46. The third-order valence-electron chi connectivity index (χ3n) is 4.98. The molecule has 2 aromatic carbocycles. The first kappa shape index (κ1) is 23.5. The predicted octanol–water partition coefficient (Wildman–Crippen LogP) is 4.46. The van der Waals surface area contributed by atoms with Crippen LogP contribution >= 0.6 is 24.0 Å². The van der Waals surface area contributed by atoms with Crippen LogP contribution in [0, 0.1) is 0 Å². The largest absolute Gasteiger partial charge is 0.489 e. The number of likely N-dealkylation sites (tertiary alicyclic amines) is 1. The van der Waals surface area contributed by atoms with E-state index in [9.17, 15) is 0 Å². The molecule has 2 aromatic rings. The van der Waals surface area contributed by atoms with Gasteiger partial charge in [0.2, 0.25) is 0 Å². The lowest BCUT2D eigenvalue weighted by Gasteiger charge is -2.34. The molecule has 0 bridgehead atoms. The molecule has 0 aliphatic carbocycles. The summed E-state index contributed by atoms with van der Waals surface area (Å²) in [6, 6.07) is 18.5. The van der Waals surface area contributed by atoms with Crippen molar-refractivity contribution in [2.75, 3.05) is 26.7 Å². The number of rotatable bonds is 7. The number of halogens is 1. The number of benzene rings is 2. The first-order valence-corrected chi connectivity index (χ1v) is 10.1. The summed E-state index contributed by atoms with van der Waals surface area (Å²) in [5, 5.41) is 3.47. The SMILES string of the molecule is CCOC1CCN(C(=NC)NCc2ccc(OCc3ccccc3)cc2)CC1.I. The van der Waals surface area contributed by atoms with Crippen LogP contribution in [-0.4, -0.2) is 43.7 Å². The van der Waals surface area contributed by atoms with E-state index in [1.54, 1.807) is 0 Å². The van der Waals surface area contributed by atoms with Gasteiger partial charge < -0.3 is 19.7 Å². The van der Waals surface area contributed by atoms with E-state index < -0.39 is 0 Å². The maximum Gasteiger partial charge on any atom is 0.193 e. The van der Waals surface area contributed by atoms with E-state index in [4.69, 9.17) is 9.47 Å². The quantitative estimate of drug-likeness (QED) is 0.340. The van der Waals surface area contributed by atoms with Crippen molar-refractivity contribution in [3.8, 4) is 5.75 Å². The van der Waals surface area contributed by atoms with E-state index in [0.717, 1.165) is 50.8 Å². The van der Waals surface area contributed by atoms with Crippen molar-refractivity contribution in [2.24, 2.45) is 4.99 Å². The predicted molar refractivity (Wildman–Crippen MR) is 129 cm³/mol. The summed E-state index contributed by atoms with van der Waals surface area (Å²) >= 11 is 0. The molecule has 1 fully saturated rings. The molecular weight excluding hydrogens is 477 g/mol. The van der Waals surface area contributed by atoms with Crippen molar-refractivity contribution in [1.82, 2.24) is 10.2 Å². The molecule has 1 heterocycles. The van der Waals surface area contributed by atoms with Crippen molar-refractivity contribution < 1.29 is 9.47 Å². The average molecular weight is 509 g/mol. The molecule has 29 heavy (non-hydrogen) atoms. The molecule has 0 amide bonds. The fourth-order valence-corrected chi connectivity index (χ4v) is 3.43.